The summed E-state index contributed by atoms with van der Waals surface area (Å²) in [5.41, 5.74) is 0. The van der Waals surface area contributed by atoms with Gasteiger partial charge in [-0.25, -0.2) is 4.57 Å². The van der Waals surface area contributed by atoms with Crippen molar-refractivity contribution in [3.63, 3.8) is 0 Å². The lowest BCUT2D eigenvalue weighted by Crippen LogP contribution is -2.37. The third-order valence-corrected chi connectivity index (χ3v) is 11.1. The van der Waals surface area contributed by atoms with Crippen LogP contribution in [0.4, 0.5) is 0 Å². The number of phosphoric acid groups is 1. The maximum Gasteiger partial charge on any atom is 0.472 e. The zero-order valence-electron chi connectivity index (χ0n) is 38.9. The van der Waals surface area contributed by atoms with E-state index in [0.29, 0.717) is 43.1 Å². The predicted molar refractivity (Wildman–Crippen MR) is 251 cm³/mol. The van der Waals surface area contributed by atoms with Crippen LogP contribution in [0.3, 0.4) is 0 Å². The summed E-state index contributed by atoms with van der Waals surface area (Å²) in [4.78, 5) is 48.0. The summed E-state index contributed by atoms with van der Waals surface area (Å²) in [6, 6.07) is 0. The molecule has 0 amide bonds. The molecule has 0 aromatic carbocycles. The summed E-state index contributed by atoms with van der Waals surface area (Å²) in [7, 11) is 1.33. The lowest BCUT2D eigenvalue weighted by atomic mass is 9.90. The van der Waals surface area contributed by atoms with Gasteiger partial charge in [-0.05, 0) is 89.0 Å². The van der Waals surface area contributed by atoms with Gasteiger partial charge in [-0.2, -0.15) is 0 Å². The molecule has 5 atom stereocenters. The molecule has 62 heavy (non-hydrogen) atoms. The van der Waals surface area contributed by atoms with E-state index in [9.17, 15) is 28.9 Å². The zero-order valence-corrected chi connectivity index (χ0v) is 39.8. The smallest absolute Gasteiger partial charge is 0.462 e. The van der Waals surface area contributed by atoms with Crippen molar-refractivity contribution in [2.24, 2.45) is 11.8 Å². The number of quaternary nitrogens is 1. The van der Waals surface area contributed by atoms with Crippen molar-refractivity contribution in [2.45, 2.75) is 154 Å². The van der Waals surface area contributed by atoms with Crippen LogP contribution < -0.4 is 0 Å². The summed E-state index contributed by atoms with van der Waals surface area (Å²) in [5, 5.41) is 10.2. The Kier molecular flexibility index (Phi) is 33.2. The number of likely N-dealkylation sites (N-methyl/N-ethyl adjacent to an activating group) is 1. The number of ether oxygens (including phenoxy) is 2. The second-order valence-electron chi connectivity index (χ2n) is 17.1. The van der Waals surface area contributed by atoms with Crippen LogP contribution in [0, 0.1) is 11.8 Å². The van der Waals surface area contributed by atoms with Crippen molar-refractivity contribution >= 4 is 25.5 Å². The number of carbonyl (C=O) groups is 3. The van der Waals surface area contributed by atoms with Crippen molar-refractivity contribution in [3.8, 4) is 0 Å². The maximum atomic E-state index is 12.7. The minimum Gasteiger partial charge on any atom is -0.462 e. The Balaban J connectivity index is 2.47. The highest BCUT2D eigenvalue weighted by atomic mass is 31.2. The molecular weight excluding hydrogens is 806 g/mol. The first-order chi connectivity index (χ1) is 29.8. The number of hydrogen-bond acceptors (Lipinski definition) is 9. The minimum absolute atomic E-state index is 0.0112. The second kappa shape index (κ2) is 36.2. The standard InChI is InChI=1S/C50H82NO10P/c1-6-8-10-11-12-13-14-15-16-17-18-19-20-21-22-23-24-25-31-35-50(55)61-46(43-60-62(56,57)59-41-40-51(3,4)5)42-58-49(54)34-30-27-26-29-32-44-36-39-48(53)47(44)38-37-45(52)33-28-9-7-2/h12-13,15-16,18-19,21-22,26,29,36-39,44-47,52H,6-11,14,17,20,23-25,27-28,30-35,40-43H2,1-5H3/p+1/b13-12-,16-15-,19-18-,22-21-,29-26-,38-37+/t44-,45-,46+,47+/m0/s1. The van der Waals surface area contributed by atoms with E-state index in [4.69, 9.17) is 18.5 Å². The highest BCUT2D eigenvalue weighted by Gasteiger charge is 2.28. The molecule has 0 aromatic heterocycles. The summed E-state index contributed by atoms with van der Waals surface area (Å²) in [5.74, 6) is -1.21. The summed E-state index contributed by atoms with van der Waals surface area (Å²) in [6.07, 6.45) is 44.0. The van der Waals surface area contributed by atoms with E-state index in [-0.39, 0.29) is 43.7 Å². The largest absolute Gasteiger partial charge is 0.472 e. The number of ketones is 1. The molecule has 1 aliphatic carbocycles. The Bertz CT molecular complexity index is 1470. The van der Waals surface area contributed by atoms with Crippen LogP contribution in [-0.4, -0.2) is 91.9 Å². The Labute approximate surface area is 375 Å². The number of carbonyl (C=O) groups excluding carboxylic acids is 3. The Morgan fingerprint density at radius 3 is 1.97 bits per heavy atom. The Morgan fingerprint density at radius 1 is 0.742 bits per heavy atom. The lowest BCUT2D eigenvalue weighted by molar-refractivity contribution is -0.870. The zero-order chi connectivity index (χ0) is 45.7. The molecule has 0 aromatic rings. The van der Waals surface area contributed by atoms with E-state index in [0.717, 1.165) is 57.8 Å². The number of allylic oxidation sites excluding steroid dienone is 13. The minimum atomic E-state index is -4.44. The van der Waals surface area contributed by atoms with Gasteiger partial charge in [-0.3, -0.25) is 23.4 Å². The fraction of sp³-hybridized carbons (Fsp3) is 0.660. The van der Waals surface area contributed by atoms with Crippen LogP contribution in [-0.2, 0) is 37.5 Å². The molecule has 0 saturated heterocycles. The van der Waals surface area contributed by atoms with Crippen molar-refractivity contribution < 1.29 is 52.0 Å². The van der Waals surface area contributed by atoms with E-state index < -0.39 is 38.6 Å². The molecule has 1 aliphatic rings. The molecule has 1 rings (SSSR count). The average molecular weight is 889 g/mol. The van der Waals surface area contributed by atoms with Crippen molar-refractivity contribution in [1.82, 2.24) is 0 Å². The number of rotatable bonds is 38. The molecule has 1 unspecified atom stereocenters. The molecule has 0 heterocycles. The molecule has 0 radical (unpaired) electrons. The third-order valence-electron chi connectivity index (χ3n) is 10.1. The molecule has 0 bridgehead atoms. The van der Waals surface area contributed by atoms with E-state index >= 15 is 0 Å². The van der Waals surface area contributed by atoms with Crippen LogP contribution in [0.2, 0.25) is 0 Å². The normalized spacial score (nSPS) is 18.1. The van der Waals surface area contributed by atoms with Gasteiger partial charge in [0.25, 0.3) is 0 Å². The molecule has 0 aliphatic heterocycles. The first-order valence-electron chi connectivity index (χ1n) is 23.4. The van der Waals surface area contributed by atoms with Crippen LogP contribution in [0.25, 0.3) is 0 Å². The number of hydrogen-bond donors (Lipinski definition) is 2. The topological polar surface area (TPSA) is 146 Å². The van der Waals surface area contributed by atoms with Crippen LogP contribution >= 0.6 is 7.82 Å². The van der Waals surface area contributed by atoms with Gasteiger partial charge < -0.3 is 24.0 Å². The van der Waals surface area contributed by atoms with E-state index in [1.54, 1.807) is 12.2 Å². The van der Waals surface area contributed by atoms with Gasteiger partial charge in [-0.15, -0.1) is 0 Å². The average Bonchev–Trinajstić information content (AvgIpc) is 3.57. The molecular formula is C50H83NO10P+. The second-order valence-corrected chi connectivity index (χ2v) is 18.5. The van der Waals surface area contributed by atoms with Crippen LogP contribution in [0.1, 0.15) is 142 Å². The maximum absolute atomic E-state index is 12.7. The Hall–Kier alpha value is -3.18. The quantitative estimate of drug-likeness (QED) is 0.0202. The Morgan fingerprint density at radius 2 is 1.32 bits per heavy atom. The van der Waals surface area contributed by atoms with Crippen molar-refractivity contribution in [2.75, 3.05) is 47.5 Å². The number of esters is 2. The number of aliphatic hydroxyl groups excluding tert-OH is 1. The SMILES string of the molecule is CCCCC/C=C\C/C=C\C/C=C\C/C=C\CCCCCC(=O)O[C@H](COC(=O)CCC/C=C\C[C@H]1C=CC(=O)[C@@H]1/C=C/[C@@H](O)CCCCC)COP(=O)(O)OCC[N+](C)(C)C. The number of phosphoric ester groups is 1. The van der Waals surface area contributed by atoms with Crippen molar-refractivity contribution in [3.05, 3.63) is 85.1 Å². The number of nitrogens with zero attached hydrogens (tertiary/aromatic N) is 1. The monoisotopic (exact) mass is 889 g/mol. The van der Waals surface area contributed by atoms with Crippen LogP contribution in [0.15, 0.2) is 85.1 Å². The molecule has 0 spiro atoms. The highest BCUT2D eigenvalue weighted by molar-refractivity contribution is 7.47. The molecule has 0 saturated carbocycles. The molecule has 11 nitrogen and oxygen atoms in total. The van der Waals surface area contributed by atoms with Gasteiger partial charge in [-0.1, -0.05) is 131 Å². The van der Waals surface area contributed by atoms with Gasteiger partial charge in [0.05, 0.1) is 33.9 Å². The molecule has 2 N–H and O–H groups in total. The summed E-state index contributed by atoms with van der Waals surface area (Å²) in [6.45, 7) is 4.01. The lowest BCUT2D eigenvalue weighted by Gasteiger charge is -2.24. The number of aliphatic hydroxyl groups is 1. The molecule has 352 valence electrons. The van der Waals surface area contributed by atoms with E-state index in [1.165, 1.54) is 25.7 Å². The van der Waals surface area contributed by atoms with Gasteiger partial charge >= 0.3 is 19.8 Å². The highest BCUT2D eigenvalue weighted by Crippen LogP contribution is 2.43. The summed E-state index contributed by atoms with van der Waals surface area (Å²) >= 11 is 0. The van der Waals surface area contributed by atoms with E-state index in [1.807, 2.05) is 45.4 Å². The van der Waals surface area contributed by atoms with Gasteiger partial charge in [0.2, 0.25) is 0 Å². The molecule has 0 fully saturated rings. The van der Waals surface area contributed by atoms with Crippen LogP contribution in [0.5, 0.6) is 0 Å². The first-order valence-corrected chi connectivity index (χ1v) is 24.9. The van der Waals surface area contributed by atoms with Crippen molar-refractivity contribution in [1.29, 1.82) is 0 Å². The fourth-order valence-corrected chi connectivity index (χ4v) is 7.08. The predicted octanol–water partition coefficient (Wildman–Crippen LogP) is 11.2. The third kappa shape index (κ3) is 33.4. The van der Waals surface area contributed by atoms with Gasteiger partial charge in [0.1, 0.15) is 19.8 Å². The molecule has 12 heteroatoms. The first kappa shape index (κ1) is 56.8. The van der Waals surface area contributed by atoms with Gasteiger partial charge in [0, 0.05) is 18.8 Å². The van der Waals surface area contributed by atoms with E-state index in [2.05, 4.69) is 62.5 Å². The summed E-state index contributed by atoms with van der Waals surface area (Å²) < 4.78 is 34.3. The fourth-order valence-electron chi connectivity index (χ4n) is 6.34. The number of unbranched alkanes of at least 4 members (excludes halogenated alkanes) is 9. The van der Waals surface area contributed by atoms with Gasteiger partial charge in [0.15, 0.2) is 11.9 Å².